The molecule has 1 amide bonds. The van der Waals surface area contributed by atoms with Gasteiger partial charge >= 0.3 is 0 Å². The number of ketones is 1. The first kappa shape index (κ1) is 14.9. The van der Waals surface area contributed by atoms with Crippen LogP contribution < -0.4 is 0 Å². The third kappa shape index (κ3) is 2.49. The number of carbonyl (C=O) groups is 2. The minimum Gasteiger partial charge on any atom is -0.339 e. The van der Waals surface area contributed by atoms with Crippen LogP contribution in [0.5, 0.6) is 0 Å². The molecular weight excluding hydrogens is 288 g/mol. The Morgan fingerprint density at radius 1 is 1.09 bits per heavy atom. The van der Waals surface area contributed by atoms with E-state index in [0.717, 1.165) is 49.0 Å². The maximum Gasteiger partial charge on any atom is 0.254 e. The number of hydrogen-bond acceptors (Lipinski definition) is 3. The smallest absolute Gasteiger partial charge is 0.254 e. The zero-order valence-electron chi connectivity index (χ0n) is 13.8. The average molecular weight is 312 g/mol. The SMILES string of the molecule is CN1CCC2(CCN(C(=O)c3cccc4c3CCC4=O)CC2)C1. The molecule has 0 aromatic heterocycles. The molecule has 4 rings (SSSR count). The molecule has 1 aliphatic carbocycles. The van der Waals surface area contributed by atoms with Gasteiger partial charge < -0.3 is 9.80 Å². The lowest BCUT2D eigenvalue weighted by Crippen LogP contribution is -2.44. The fraction of sp³-hybridized carbons (Fsp3) is 0.579. The molecule has 0 unspecified atom stereocenters. The molecule has 2 fully saturated rings. The van der Waals surface area contributed by atoms with Gasteiger partial charge in [0.15, 0.2) is 5.78 Å². The fourth-order valence-corrected chi connectivity index (χ4v) is 4.61. The molecule has 1 aromatic carbocycles. The molecule has 4 heteroatoms. The van der Waals surface area contributed by atoms with Gasteiger partial charge in [-0.2, -0.15) is 0 Å². The van der Waals surface area contributed by atoms with E-state index in [9.17, 15) is 9.59 Å². The maximum absolute atomic E-state index is 12.9. The van der Waals surface area contributed by atoms with Crippen LogP contribution in [0.15, 0.2) is 18.2 Å². The van der Waals surface area contributed by atoms with Crippen molar-refractivity contribution in [1.29, 1.82) is 0 Å². The predicted molar refractivity (Wildman–Crippen MR) is 88.8 cm³/mol. The number of rotatable bonds is 1. The van der Waals surface area contributed by atoms with Crippen molar-refractivity contribution in [1.82, 2.24) is 9.80 Å². The van der Waals surface area contributed by atoms with Crippen molar-refractivity contribution in [2.75, 3.05) is 33.2 Å². The molecule has 122 valence electrons. The molecule has 1 aromatic rings. The summed E-state index contributed by atoms with van der Waals surface area (Å²) in [6, 6.07) is 5.61. The zero-order valence-corrected chi connectivity index (χ0v) is 13.8. The molecule has 3 aliphatic rings. The largest absolute Gasteiger partial charge is 0.339 e. The molecule has 0 bridgehead atoms. The molecule has 2 aliphatic heterocycles. The van der Waals surface area contributed by atoms with Crippen LogP contribution in [0, 0.1) is 5.41 Å². The molecule has 0 N–H and O–H groups in total. The Kier molecular flexibility index (Phi) is 3.52. The van der Waals surface area contributed by atoms with Crippen molar-refractivity contribution in [2.45, 2.75) is 32.1 Å². The van der Waals surface area contributed by atoms with Gasteiger partial charge in [-0.05, 0) is 56.3 Å². The van der Waals surface area contributed by atoms with Gasteiger partial charge in [0.25, 0.3) is 5.91 Å². The second kappa shape index (κ2) is 5.45. The Hall–Kier alpha value is -1.68. The first-order valence-corrected chi connectivity index (χ1v) is 8.71. The van der Waals surface area contributed by atoms with E-state index in [1.54, 1.807) is 0 Å². The summed E-state index contributed by atoms with van der Waals surface area (Å²) >= 11 is 0. The van der Waals surface area contributed by atoms with E-state index in [4.69, 9.17) is 0 Å². The first-order chi connectivity index (χ1) is 11.1. The van der Waals surface area contributed by atoms with Gasteiger partial charge in [-0.3, -0.25) is 9.59 Å². The van der Waals surface area contributed by atoms with Crippen molar-refractivity contribution in [3.63, 3.8) is 0 Å². The number of Topliss-reactive ketones (excluding diaryl/α,β-unsaturated/α-hetero) is 1. The summed E-state index contributed by atoms with van der Waals surface area (Å²) in [6.07, 6.45) is 4.75. The topological polar surface area (TPSA) is 40.6 Å². The van der Waals surface area contributed by atoms with Gasteiger partial charge in [0.2, 0.25) is 0 Å². The molecule has 0 saturated carbocycles. The summed E-state index contributed by atoms with van der Waals surface area (Å²) in [7, 11) is 2.19. The normalized spacial score (nSPS) is 23.5. The summed E-state index contributed by atoms with van der Waals surface area (Å²) in [5.74, 6) is 0.305. The lowest BCUT2D eigenvalue weighted by molar-refractivity contribution is 0.0593. The summed E-state index contributed by atoms with van der Waals surface area (Å²) in [4.78, 5) is 29.2. The van der Waals surface area contributed by atoms with E-state index >= 15 is 0 Å². The third-order valence-corrected chi connectivity index (χ3v) is 6.05. The summed E-state index contributed by atoms with van der Waals surface area (Å²) < 4.78 is 0. The highest BCUT2D eigenvalue weighted by Gasteiger charge is 2.40. The standard InChI is InChI=1S/C19H24N2O2/c1-20-10-7-19(13-20)8-11-21(12-9-19)18(23)16-4-2-3-15-14(16)5-6-17(15)22/h2-4H,5-13H2,1H3. The van der Waals surface area contributed by atoms with Crippen LogP contribution in [0.3, 0.4) is 0 Å². The lowest BCUT2D eigenvalue weighted by atomic mass is 9.77. The Morgan fingerprint density at radius 2 is 1.83 bits per heavy atom. The number of carbonyl (C=O) groups excluding carboxylic acids is 2. The highest BCUT2D eigenvalue weighted by molar-refractivity contribution is 6.05. The highest BCUT2D eigenvalue weighted by atomic mass is 16.2. The molecule has 2 saturated heterocycles. The predicted octanol–water partition coefficient (Wildman–Crippen LogP) is 2.37. The van der Waals surface area contributed by atoms with Gasteiger partial charge in [-0.25, -0.2) is 0 Å². The van der Waals surface area contributed by atoms with E-state index in [-0.39, 0.29) is 11.7 Å². The van der Waals surface area contributed by atoms with E-state index in [1.807, 2.05) is 23.1 Å². The first-order valence-electron chi connectivity index (χ1n) is 8.71. The van der Waals surface area contributed by atoms with Crippen LogP contribution in [0.2, 0.25) is 0 Å². The maximum atomic E-state index is 12.9. The number of piperidine rings is 1. The number of benzene rings is 1. The van der Waals surface area contributed by atoms with E-state index in [2.05, 4.69) is 11.9 Å². The van der Waals surface area contributed by atoms with Gasteiger partial charge in [-0.1, -0.05) is 12.1 Å². The van der Waals surface area contributed by atoms with Crippen molar-refractivity contribution in [3.05, 3.63) is 34.9 Å². The van der Waals surface area contributed by atoms with E-state index < -0.39 is 0 Å². The quantitative estimate of drug-likeness (QED) is 0.799. The Balaban J connectivity index is 1.50. The molecule has 23 heavy (non-hydrogen) atoms. The third-order valence-electron chi connectivity index (χ3n) is 6.05. The Labute approximate surface area is 137 Å². The van der Waals surface area contributed by atoms with E-state index in [1.165, 1.54) is 19.5 Å². The molecule has 0 radical (unpaired) electrons. The summed E-state index contributed by atoms with van der Waals surface area (Å²) in [6.45, 7) is 4.06. The van der Waals surface area contributed by atoms with Crippen molar-refractivity contribution in [2.24, 2.45) is 5.41 Å². The Bertz CT molecular complexity index is 659. The van der Waals surface area contributed by atoms with Gasteiger partial charge in [-0.15, -0.1) is 0 Å². The minimum absolute atomic E-state index is 0.123. The average Bonchev–Trinajstić information content (AvgIpc) is 3.11. The van der Waals surface area contributed by atoms with Gasteiger partial charge in [0.05, 0.1) is 0 Å². The molecule has 4 nitrogen and oxygen atoms in total. The molecular formula is C19H24N2O2. The van der Waals surface area contributed by atoms with Crippen LogP contribution in [0.25, 0.3) is 0 Å². The molecule has 1 spiro atoms. The summed E-state index contributed by atoms with van der Waals surface area (Å²) in [5, 5.41) is 0. The molecule has 0 atom stereocenters. The van der Waals surface area contributed by atoms with Crippen LogP contribution in [0.4, 0.5) is 0 Å². The number of amides is 1. The second-order valence-electron chi connectivity index (χ2n) is 7.53. The summed E-state index contributed by atoms with van der Waals surface area (Å²) in [5.41, 5.74) is 2.93. The second-order valence-corrected chi connectivity index (χ2v) is 7.53. The van der Waals surface area contributed by atoms with Crippen molar-refractivity contribution in [3.8, 4) is 0 Å². The Morgan fingerprint density at radius 3 is 2.52 bits per heavy atom. The monoisotopic (exact) mass is 312 g/mol. The van der Waals surface area contributed by atoms with Gasteiger partial charge in [0.1, 0.15) is 0 Å². The zero-order chi connectivity index (χ0) is 16.0. The molecule has 2 heterocycles. The van der Waals surface area contributed by atoms with Gasteiger partial charge in [0, 0.05) is 37.2 Å². The van der Waals surface area contributed by atoms with Crippen molar-refractivity contribution < 1.29 is 9.59 Å². The minimum atomic E-state index is 0.123. The van der Waals surface area contributed by atoms with Crippen molar-refractivity contribution >= 4 is 11.7 Å². The fourth-order valence-electron chi connectivity index (χ4n) is 4.61. The number of hydrogen-bond donors (Lipinski definition) is 0. The van der Waals surface area contributed by atoms with Crippen LogP contribution in [0.1, 0.15) is 52.0 Å². The number of likely N-dealkylation sites (tertiary alicyclic amines) is 2. The number of fused-ring (bicyclic) bond motifs is 1. The van der Waals surface area contributed by atoms with E-state index in [0.29, 0.717) is 11.8 Å². The number of nitrogens with zero attached hydrogens (tertiary/aromatic N) is 2. The van der Waals surface area contributed by atoms with Crippen LogP contribution in [-0.4, -0.2) is 54.7 Å². The van der Waals surface area contributed by atoms with Crippen LogP contribution >= 0.6 is 0 Å². The highest BCUT2D eigenvalue weighted by Crippen LogP contribution is 2.40. The lowest BCUT2D eigenvalue weighted by Gasteiger charge is -2.39. The van der Waals surface area contributed by atoms with Crippen LogP contribution in [-0.2, 0) is 6.42 Å².